The van der Waals surface area contributed by atoms with E-state index in [-0.39, 0.29) is 10.8 Å². The minimum absolute atomic E-state index is 0.286. The van der Waals surface area contributed by atoms with E-state index in [0.717, 1.165) is 59.2 Å². The van der Waals surface area contributed by atoms with Gasteiger partial charge in [0.1, 0.15) is 10.9 Å². The summed E-state index contributed by atoms with van der Waals surface area (Å²) in [5.74, 6) is 8.36. The second kappa shape index (κ2) is 7.46. The smallest absolute Gasteiger partial charge is 0.114 e. The van der Waals surface area contributed by atoms with Crippen LogP contribution in [0.4, 0.5) is 0 Å². The molecule has 0 bridgehead atoms. The monoisotopic (exact) mass is 542 g/mol. The van der Waals surface area contributed by atoms with E-state index < -0.39 is 0 Å². The van der Waals surface area contributed by atoms with E-state index in [0.29, 0.717) is 23.1 Å². The minimum atomic E-state index is 0.286. The summed E-state index contributed by atoms with van der Waals surface area (Å²) in [4.78, 5) is 2.79. The first-order valence-corrected chi connectivity index (χ1v) is 17.1. The summed E-state index contributed by atoms with van der Waals surface area (Å²) in [5.41, 5.74) is 1.17. The zero-order chi connectivity index (χ0) is 25.0. The summed E-state index contributed by atoms with van der Waals surface area (Å²) in [6.07, 6.45) is 6.27. The number of hydrogen-bond acceptors (Lipinski definition) is 4. The van der Waals surface area contributed by atoms with Crippen molar-refractivity contribution >= 4 is 23.5 Å². The highest BCUT2D eigenvalue weighted by atomic mass is 32.2. The van der Waals surface area contributed by atoms with Crippen molar-refractivity contribution in [2.24, 2.45) is 70.0 Å². The Morgan fingerprint density at radius 1 is 0.553 bits per heavy atom. The summed E-state index contributed by atoms with van der Waals surface area (Å²) in [6.45, 7) is 5.46. The Morgan fingerprint density at radius 2 is 0.974 bits per heavy atom. The van der Waals surface area contributed by atoms with Gasteiger partial charge in [-0.05, 0) is 109 Å². The molecule has 4 heteroatoms. The first-order valence-electron chi connectivity index (χ1n) is 15.3. The van der Waals surface area contributed by atoms with Crippen molar-refractivity contribution in [3.63, 3.8) is 0 Å². The van der Waals surface area contributed by atoms with E-state index in [1.165, 1.54) is 35.5 Å². The van der Waals surface area contributed by atoms with Crippen molar-refractivity contribution in [3.05, 3.63) is 60.7 Å². The second-order valence-corrected chi connectivity index (χ2v) is 16.8. The first-order chi connectivity index (χ1) is 18.6. The van der Waals surface area contributed by atoms with Gasteiger partial charge in [-0.2, -0.15) is 0 Å². The van der Waals surface area contributed by atoms with E-state index in [1.807, 2.05) is 0 Å². The molecular formula is C34H38O2S2. The summed E-state index contributed by atoms with van der Waals surface area (Å²) < 4.78 is 14.6. The molecule has 10 rings (SSSR count). The largest absolute Gasteiger partial charge is 0.363 e. The number of rotatable bonds is 4. The van der Waals surface area contributed by atoms with Crippen molar-refractivity contribution in [1.82, 2.24) is 0 Å². The maximum atomic E-state index is 7.31. The molecule has 2 saturated heterocycles. The highest BCUT2D eigenvalue weighted by Crippen LogP contribution is 2.88. The van der Waals surface area contributed by atoms with Crippen molar-refractivity contribution < 1.29 is 9.47 Å². The van der Waals surface area contributed by atoms with Crippen molar-refractivity contribution in [3.8, 4) is 0 Å². The van der Waals surface area contributed by atoms with Crippen LogP contribution in [0.15, 0.2) is 70.5 Å². The molecule has 6 saturated carbocycles. The Kier molecular flexibility index (Phi) is 4.46. The first kappa shape index (κ1) is 22.7. The highest BCUT2D eigenvalue weighted by molar-refractivity contribution is 8.00. The molecule has 198 valence electrons. The number of ether oxygens (including phenoxy) is 2. The van der Waals surface area contributed by atoms with Crippen LogP contribution in [-0.2, 0) is 9.47 Å². The standard InChI is InChI=1S/C34H38O2S2/c1-33-27-19-13-15-22-24(19)30-25(27)26-28(34(30,2)32(36-22)38-18-11-7-4-8-12-18)20-14-16-21(23(20)29(26)33)35-31(33)37-17-9-5-3-6-10-17/h3-12,19-32H,13-16H2,1-2H3/t19?,20?,21?,22?,23?,24?,25?,26?,27?,28?,29?,30?,31-,32-,33+,34+/m1/s1. The normalized spacial score (nSPS) is 57.5. The van der Waals surface area contributed by atoms with Gasteiger partial charge in [-0.3, -0.25) is 0 Å². The molecule has 2 aromatic rings. The molecule has 38 heavy (non-hydrogen) atoms. The van der Waals surface area contributed by atoms with E-state index in [1.54, 1.807) is 0 Å². The lowest BCUT2D eigenvalue weighted by molar-refractivity contribution is -0.160. The van der Waals surface area contributed by atoms with E-state index in [4.69, 9.17) is 9.47 Å². The molecule has 8 aliphatic rings. The minimum Gasteiger partial charge on any atom is -0.363 e. The number of thioether (sulfide) groups is 2. The Balaban J connectivity index is 1.13. The fourth-order valence-electron chi connectivity index (χ4n) is 13.3. The van der Waals surface area contributed by atoms with Crippen LogP contribution >= 0.6 is 23.5 Å². The van der Waals surface area contributed by atoms with Crippen LogP contribution in [0.5, 0.6) is 0 Å². The van der Waals surface area contributed by atoms with E-state index in [9.17, 15) is 0 Å². The zero-order valence-electron chi connectivity index (χ0n) is 22.3. The van der Waals surface area contributed by atoms with Crippen LogP contribution in [0.25, 0.3) is 0 Å². The summed E-state index contributed by atoms with van der Waals surface area (Å²) in [5, 5.41) is 0. The lowest BCUT2D eigenvalue weighted by Gasteiger charge is -2.53. The SMILES string of the molecule is C[C@@]12C3C4CCC5O[C@H](Sc6ccccc6)[C@@]6(C)C7C8CCC(O[C@@H]1Sc1ccccc1)C8C2C7C3C6C54. The van der Waals surface area contributed by atoms with Crippen molar-refractivity contribution in [1.29, 1.82) is 0 Å². The molecule has 0 spiro atoms. The van der Waals surface area contributed by atoms with E-state index in [2.05, 4.69) is 98.0 Å². The third-order valence-electron chi connectivity index (χ3n) is 13.7. The van der Waals surface area contributed by atoms with Gasteiger partial charge in [0.05, 0.1) is 12.2 Å². The summed E-state index contributed by atoms with van der Waals surface area (Å²) >= 11 is 4.14. The van der Waals surface area contributed by atoms with Gasteiger partial charge in [0.25, 0.3) is 0 Å². The molecule has 16 atom stereocenters. The third-order valence-corrected chi connectivity index (χ3v) is 16.5. The number of hydrogen-bond donors (Lipinski definition) is 0. The van der Waals surface area contributed by atoms with Gasteiger partial charge in [0.2, 0.25) is 0 Å². The van der Waals surface area contributed by atoms with Gasteiger partial charge < -0.3 is 9.47 Å². The third kappa shape index (κ3) is 2.44. The van der Waals surface area contributed by atoms with Crippen LogP contribution in [0, 0.1) is 70.0 Å². The average Bonchev–Trinajstić information content (AvgIpc) is 3.73. The Morgan fingerprint density at radius 3 is 1.39 bits per heavy atom. The van der Waals surface area contributed by atoms with Crippen LogP contribution in [0.2, 0.25) is 0 Å². The molecule has 2 nitrogen and oxygen atoms in total. The van der Waals surface area contributed by atoms with Crippen LogP contribution < -0.4 is 0 Å². The lowest BCUT2D eigenvalue weighted by atomic mass is 9.61. The predicted octanol–water partition coefficient (Wildman–Crippen LogP) is 7.84. The molecule has 0 amide bonds. The zero-order valence-corrected chi connectivity index (χ0v) is 24.0. The van der Waals surface area contributed by atoms with Gasteiger partial charge in [-0.15, -0.1) is 0 Å². The second-order valence-electron chi connectivity index (χ2n) is 14.5. The Hall–Kier alpha value is -0.940. The van der Waals surface area contributed by atoms with Gasteiger partial charge >= 0.3 is 0 Å². The van der Waals surface area contributed by atoms with Crippen molar-refractivity contribution in [2.45, 2.75) is 72.4 Å². The van der Waals surface area contributed by atoms with Crippen LogP contribution in [-0.4, -0.2) is 23.1 Å². The molecule has 8 fully saturated rings. The molecule has 2 heterocycles. The van der Waals surface area contributed by atoms with Crippen molar-refractivity contribution in [2.75, 3.05) is 0 Å². The molecule has 0 radical (unpaired) electrons. The number of fused-ring (bicyclic) bond motifs is 4. The topological polar surface area (TPSA) is 18.5 Å². The fourth-order valence-corrected chi connectivity index (χ4v) is 16.0. The molecule has 0 N–H and O–H groups in total. The molecule has 2 aliphatic heterocycles. The Labute approximate surface area is 235 Å². The highest BCUT2D eigenvalue weighted by Gasteiger charge is 2.87. The quantitative estimate of drug-likeness (QED) is 0.392. The molecule has 12 unspecified atom stereocenters. The van der Waals surface area contributed by atoms with Crippen LogP contribution in [0.3, 0.4) is 0 Å². The average molecular weight is 543 g/mol. The van der Waals surface area contributed by atoms with E-state index >= 15 is 0 Å². The summed E-state index contributed by atoms with van der Waals surface area (Å²) in [7, 11) is 0. The number of benzene rings is 2. The van der Waals surface area contributed by atoms with Gasteiger partial charge in [0, 0.05) is 20.6 Å². The Bertz CT molecular complexity index is 1190. The molecule has 0 aromatic heterocycles. The van der Waals surface area contributed by atoms with Gasteiger partial charge in [-0.25, -0.2) is 0 Å². The molecule has 2 aromatic carbocycles. The fraction of sp³-hybridized carbons (Fsp3) is 0.647. The predicted molar refractivity (Wildman–Crippen MR) is 152 cm³/mol. The maximum Gasteiger partial charge on any atom is 0.114 e. The lowest BCUT2D eigenvalue weighted by Crippen LogP contribution is -2.54. The van der Waals surface area contributed by atoms with Gasteiger partial charge in [-0.1, -0.05) is 73.8 Å². The van der Waals surface area contributed by atoms with Gasteiger partial charge in [0.15, 0.2) is 0 Å². The molecule has 6 aliphatic carbocycles. The van der Waals surface area contributed by atoms with Crippen LogP contribution in [0.1, 0.15) is 39.5 Å². The molecular weight excluding hydrogens is 505 g/mol. The maximum absolute atomic E-state index is 7.31. The summed E-state index contributed by atoms with van der Waals surface area (Å²) in [6, 6.07) is 22.4.